The summed E-state index contributed by atoms with van der Waals surface area (Å²) in [6, 6.07) is 6.34. The smallest absolute Gasteiger partial charge is 0.172 e. The number of nitrogens with zero attached hydrogens (tertiary/aromatic N) is 1. The van der Waals surface area contributed by atoms with Crippen LogP contribution in [0.3, 0.4) is 0 Å². The van der Waals surface area contributed by atoms with E-state index >= 15 is 0 Å². The third-order valence-electron chi connectivity index (χ3n) is 2.73. The maximum absolute atomic E-state index is 9.09. The number of hydrogen-bond donors (Lipinski definition) is 1. The van der Waals surface area contributed by atoms with Crippen molar-refractivity contribution < 1.29 is 4.74 Å². The first kappa shape index (κ1) is 11.4. The molecular weight excluding hydrogens is 268 g/mol. The van der Waals surface area contributed by atoms with E-state index in [9.17, 15) is 0 Å². The van der Waals surface area contributed by atoms with Crippen molar-refractivity contribution in [2.75, 3.05) is 18.5 Å². The summed E-state index contributed by atoms with van der Waals surface area (Å²) < 4.78 is 6.21. The number of aryl methyl sites for hydroxylation is 2. The van der Waals surface area contributed by atoms with Gasteiger partial charge in [0.1, 0.15) is 0 Å². The SMILES string of the molecule is Cc1cc(NC2(C#N)COC2)cc(C)c1Br. The molecule has 84 valence electrons. The van der Waals surface area contributed by atoms with Gasteiger partial charge in [0.15, 0.2) is 5.54 Å². The molecule has 3 nitrogen and oxygen atoms in total. The van der Waals surface area contributed by atoms with Crippen LogP contribution in [-0.2, 0) is 4.74 Å². The van der Waals surface area contributed by atoms with E-state index in [4.69, 9.17) is 10.00 Å². The normalized spacial score (nSPS) is 17.4. The van der Waals surface area contributed by atoms with Crippen molar-refractivity contribution in [1.82, 2.24) is 0 Å². The topological polar surface area (TPSA) is 45.0 Å². The molecule has 0 amide bonds. The van der Waals surface area contributed by atoms with Crippen LogP contribution in [-0.4, -0.2) is 18.8 Å². The molecule has 0 bridgehead atoms. The summed E-state index contributed by atoms with van der Waals surface area (Å²) >= 11 is 3.52. The quantitative estimate of drug-likeness (QED) is 0.906. The van der Waals surface area contributed by atoms with Crippen LogP contribution >= 0.6 is 15.9 Å². The fraction of sp³-hybridized carbons (Fsp3) is 0.417. The Hall–Kier alpha value is -1.05. The minimum absolute atomic E-state index is 0.456. The molecule has 1 heterocycles. The van der Waals surface area contributed by atoms with Crippen molar-refractivity contribution in [3.8, 4) is 6.07 Å². The van der Waals surface area contributed by atoms with Gasteiger partial charge in [-0.05, 0) is 37.1 Å². The van der Waals surface area contributed by atoms with Crippen molar-refractivity contribution in [2.45, 2.75) is 19.4 Å². The number of ether oxygens (including phenoxy) is 1. The first-order valence-electron chi connectivity index (χ1n) is 5.10. The second-order valence-corrected chi connectivity index (χ2v) is 5.03. The minimum Gasteiger partial charge on any atom is -0.374 e. The highest BCUT2D eigenvalue weighted by molar-refractivity contribution is 9.10. The Bertz CT molecular complexity index is 438. The Morgan fingerprint density at radius 2 is 1.94 bits per heavy atom. The van der Waals surface area contributed by atoms with Crippen LogP contribution < -0.4 is 5.32 Å². The van der Waals surface area contributed by atoms with E-state index in [1.54, 1.807) is 0 Å². The third-order valence-corrected chi connectivity index (χ3v) is 3.98. The third kappa shape index (κ3) is 1.93. The van der Waals surface area contributed by atoms with E-state index < -0.39 is 5.54 Å². The lowest BCUT2D eigenvalue weighted by atomic mass is 9.98. The maximum Gasteiger partial charge on any atom is 0.172 e. The number of benzene rings is 1. The number of nitriles is 1. The van der Waals surface area contributed by atoms with Gasteiger partial charge in [-0.1, -0.05) is 15.9 Å². The lowest BCUT2D eigenvalue weighted by molar-refractivity contribution is -0.0132. The molecule has 1 saturated heterocycles. The van der Waals surface area contributed by atoms with E-state index in [0.717, 1.165) is 21.3 Å². The fourth-order valence-corrected chi connectivity index (χ4v) is 1.99. The van der Waals surface area contributed by atoms with Crippen molar-refractivity contribution >= 4 is 21.6 Å². The standard InChI is InChI=1S/C12H13BrN2O/c1-8-3-10(4-9(2)11(8)13)15-12(5-14)6-16-7-12/h3-4,15H,6-7H2,1-2H3. The highest BCUT2D eigenvalue weighted by Gasteiger charge is 2.38. The Morgan fingerprint density at radius 1 is 1.38 bits per heavy atom. The zero-order chi connectivity index (χ0) is 11.8. The Labute approximate surface area is 104 Å². The lowest BCUT2D eigenvalue weighted by Crippen LogP contribution is -2.54. The highest BCUT2D eigenvalue weighted by Crippen LogP contribution is 2.28. The molecule has 0 atom stereocenters. The molecule has 1 fully saturated rings. The summed E-state index contributed by atoms with van der Waals surface area (Å²) in [6.07, 6.45) is 0. The summed E-state index contributed by atoms with van der Waals surface area (Å²) in [4.78, 5) is 0. The van der Waals surface area contributed by atoms with Gasteiger partial charge in [-0.15, -0.1) is 0 Å². The number of anilines is 1. The van der Waals surface area contributed by atoms with Crippen LogP contribution in [0.15, 0.2) is 16.6 Å². The van der Waals surface area contributed by atoms with E-state index in [1.165, 1.54) is 0 Å². The molecule has 1 N–H and O–H groups in total. The predicted molar refractivity (Wildman–Crippen MR) is 66.4 cm³/mol. The highest BCUT2D eigenvalue weighted by atomic mass is 79.9. The number of rotatable bonds is 2. The molecule has 0 aromatic heterocycles. The van der Waals surface area contributed by atoms with Crippen molar-refractivity contribution in [3.05, 3.63) is 27.7 Å². The molecule has 4 heteroatoms. The lowest BCUT2D eigenvalue weighted by Gasteiger charge is -2.36. The fourth-order valence-electron chi connectivity index (χ4n) is 1.77. The van der Waals surface area contributed by atoms with E-state index in [0.29, 0.717) is 13.2 Å². The van der Waals surface area contributed by atoms with E-state index in [2.05, 4.69) is 27.3 Å². The molecule has 16 heavy (non-hydrogen) atoms. The monoisotopic (exact) mass is 280 g/mol. The average Bonchev–Trinajstić information content (AvgIpc) is 2.20. The van der Waals surface area contributed by atoms with E-state index in [1.807, 2.05) is 26.0 Å². The van der Waals surface area contributed by atoms with Crippen LogP contribution in [0.1, 0.15) is 11.1 Å². The van der Waals surface area contributed by atoms with Gasteiger partial charge in [-0.2, -0.15) is 5.26 Å². The molecule has 0 radical (unpaired) electrons. The zero-order valence-electron chi connectivity index (χ0n) is 9.30. The molecular formula is C12H13BrN2O. The van der Waals surface area contributed by atoms with Gasteiger partial charge in [0.2, 0.25) is 0 Å². The van der Waals surface area contributed by atoms with Gasteiger partial charge >= 0.3 is 0 Å². The first-order chi connectivity index (χ1) is 7.56. The zero-order valence-corrected chi connectivity index (χ0v) is 10.9. The van der Waals surface area contributed by atoms with Gasteiger partial charge in [-0.3, -0.25) is 0 Å². The summed E-state index contributed by atoms with van der Waals surface area (Å²) in [5.41, 5.74) is 2.77. The second kappa shape index (κ2) is 4.08. The summed E-state index contributed by atoms with van der Waals surface area (Å²) in [6.45, 7) is 4.99. The molecule has 2 rings (SSSR count). The maximum atomic E-state index is 9.09. The van der Waals surface area contributed by atoms with Gasteiger partial charge in [0, 0.05) is 10.2 Å². The average molecular weight is 281 g/mol. The molecule has 0 spiro atoms. The number of hydrogen-bond acceptors (Lipinski definition) is 3. The second-order valence-electron chi connectivity index (χ2n) is 4.24. The molecule has 0 saturated carbocycles. The van der Waals surface area contributed by atoms with Crippen LogP contribution in [0, 0.1) is 25.2 Å². The van der Waals surface area contributed by atoms with Crippen LogP contribution in [0.25, 0.3) is 0 Å². The van der Waals surface area contributed by atoms with Crippen LogP contribution in [0.4, 0.5) is 5.69 Å². The van der Waals surface area contributed by atoms with Crippen molar-refractivity contribution in [3.63, 3.8) is 0 Å². The molecule has 1 aromatic carbocycles. The molecule has 1 aliphatic rings. The Balaban J connectivity index is 2.26. The van der Waals surface area contributed by atoms with Gasteiger partial charge in [-0.25, -0.2) is 0 Å². The minimum atomic E-state index is -0.535. The summed E-state index contributed by atoms with van der Waals surface area (Å²) in [7, 11) is 0. The van der Waals surface area contributed by atoms with E-state index in [-0.39, 0.29) is 0 Å². The number of halogens is 1. The molecule has 0 unspecified atom stereocenters. The Kier molecular flexibility index (Phi) is 2.92. The molecule has 0 aliphatic carbocycles. The molecule has 1 aliphatic heterocycles. The predicted octanol–water partition coefficient (Wildman–Crippen LogP) is 2.77. The van der Waals surface area contributed by atoms with Crippen LogP contribution in [0.2, 0.25) is 0 Å². The number of nitrogens with one attached hydrogen (secondary N) is 1. The van der Waals surface area contributed by atoms with Crippen molar-refractivity contribution in [1.29, 1.82) is 5.26 Å². The van der Waals surface area contributed by atoms with Gasteiger partial charge in [0.05, 0.1) is 19.3 Å². The molecule has 1 aromatic rings. The van der Waals surface area contributed by atoms with Gasteiger partial charge in [0.25, 0.3) is 0 Å². The van der Waals surface area contributed by atoms with Crippen LogP contribution in [0.5, 0.6) is 0 Å². The Morgan fingerprint density at radius 3 is 2.31 bits per heavy atom. The summed E-state index contributed by atoms with van der Waals surface area (Å²) in [5.74, 6) is 0. The first-order valence-corrected chi connectivity index (χ1v) is 5.89. The van der Waals surface area contributed by atoms with Crippen molar-refractivity contribution in [2.24, 2.45) is 0 Å². The van der Waals surface area contributed by atoms with Gasteiger partial charge < -0.3 is 10.1 Å². The largest absolute Gasteiger partial charge is 0.374 e. The summed E-state index contributed by atoms with van der Waals surface area (Å²) in [5, 5.41) is 12.3.